The summed E-state index contributed by atoms with van der Waals surface area (Å²) >= 11 is 0. The summed E-state index contributed by atoms with van der Waals surface area (Å²) in [5, 5.41) is 10.4. The molecule has 0 atom stereocenters. The van der Waals surface area contributed by atoms with E-state index in [2.05, 4.69) is 19.9 Å². The van der Waals surface area contributed by atoms with E-state index in [4.69, 9.17) is 4.74 Å². The number of fused-ring (bicyclic) bond motifs is 1. The van der Waals surface area contributed by atoms with E-state index in [0.29, 0.717) is 24.8 Å². The Bertz CT molecular complexity index is 641. The first-order chi connectivity index (χ1) is 9.45. The van der Waals surface area contributed by atoms with Gasteiger partial charge in [0.2, 0.25) is 0 Å². The van der Waals surface area contributed by atoms with E-state index in [1.807, 2.05) is 17.6 Å². The third kappa shape index (κ3) is 2.56. The minimum absolute atomic E-state index is 0.324. The monoisotopic (exact) mass is 275 g/mol. The Morgan fingerprint density at radius 2 is 2.05 bits per heavy atom. The molecular weight excluding hydrogens is 254 g/mol. The molecule has 1 heterocycles. The molecule has 0 saturated carbocycles. The Labute approximate surface area is 119 Å². The third-order valence-corrected chi connectivity index (χ3v) is 3.53. The van der Waals surface area contributed by atoms with Crippen molar-refractivity contribution in [3.63, 3.8) is 0 Å². The van der Waals surface area contributed by atoms with Crippen LogP contribution in [0.2, 0.25) is 0 Å². The SMILES string of the molecule is COCCn1c(C(=O)O)cc2cc(C)cc(C(C)C)c21. The molecular formula is C16H21NO3. The minimum Gasteiger partial charge on any atom is -0.477 e. The highest BCUT2D eigenvalue weighted by Gasteiger charge is 2.18. The summed E-state index contributed by atoms with van der Waals surface area (Å²) in [6.45, 7) is 7.34. The molecule has 0 radical (unpaired) electrons. The molecule has 2 aromatic rings. The Balaban J connectivity index is 2.75. The van der Waals surface area contributed by atoms with Crippen molar-refractivity contribution < 1.29 is 14.6 Å². The summed E-state index contributed by atoms with van der Waals surface area (Å²) in [6.07, 6.45) is 0. The van der Waals surface area contributed by atoms with Crippen LogP contribution in [0.5, 0.6) is 0 Å². The van der Waals surface area contributed by atoms with Crippen LogP contribution in [0.15, 0.2) is 18.2 Å². The van der Waals surface area contributed by atoms with Gasteiger partial charge in [0.05, 0.1) is 12.1 Å². The summed E-state index contributed by atoms with van der Waals surface area (Å²) < 4.78 is 6.97. The number of hydrogen-bond donors (Lipinski definition) is 1. The van der Waals surface area contributed by atoms with Gasteiger partial charge in [-0.15, -0.1) is 0 Å². The average molecular weight is 275 g/mol. The van der Waals surface area contributed by atoms with Gasteiger partial charge < -0.3 is 14.4 Å². The predicted molar refractivity (Wildman–Crippen MR) is 79.6 cm³/mol. The van der Waals surface area contributed by atoms with Crippen LogP contribution in [-0.2, 0) is 11.3 Å². The molecule has 20 heavy (non-hydrogen) atoms. The zero-order valence-corrected chi connectivity index (χ0v) is 12.4. The second-order valence-corrected chi connectivity index (χ2v) is 5.43. The first-order valence-corrected chi connectivity index (χ1v) is 6.81. The number of carboxylic acid groups (broad SMARTS) is 1. The number of hydrogen-bond acceptors (Lipinski definition) is 2. The second-order valence-electron chi connectivity index (χ2n) is 5.43. The molecule has 4 nitrogen and oxygen atoms in total. The highest BCUT2D eigenvalue weighted by molar-refractivity contribution is 5.96. The average Bonchev–Trinajstić information content (AvgIpc) is 2.73. The number of ether oxygens (including phenoxy) is 1. The lowest BCUT2D eigenvalue weighted by Crippen LogP contribution is -2.12. The van der Waals surface area contributed by atoms with E-state index in [-0.39, 0.29) is 0 Å². The van der Waals surface area contributed by atoms with Crippen molar-refractivity contribution in [1.29, 1.82) is 0 Å². The van der Waals surface area contributed by atoms with Gasteiger partial charge in [-0.3, -0.25) is 0 Å². The lowest BCUT2D eigenvalue weighted by molar-refractivity contribution is 0.0683. The van der Waals surface area contributed by atoms with Gasteiger partial charge in [-0.05, 0) is 30.5 Å². The number of carbonyl (C=O) groups is 1. The maximum absolute atomic E-state index is 11.5. The Hall–Kier alpha value is -1.81. The number of rotatable bonds is 5. The Morgan fingerprint density at radius 3 is 2.60 bits per heavy atom. The topological polar surface area (TPSA) is 51.5 Å². The molecule has 108 valence electrons. The number of aromatic carboxylic acids is 1. The van der Waals surface area contributed by atoms with Gasteiger partial charge in [0.1, 0.15) is 5.69 Å². The highest BCUT2D eigenvalue weighted by atomic mass is 16.5. The van der Waals surface area contributed by atoms with Crippen LogP contribution < -0.4 is 0 Å². The Morgan fingerprint density at radius 1 is 1.35 bits per heavy atom. The fourth-order valence-corrected chi connectivity index (χ4v) is 2.64. The van der Waals surface area contributed by atoms with Gasteiger partial charge >= 0.3 is 5.97 Å². The molecule has 0 amide bonds. The fraction of sp³-hybridized carbons (Fsp3) is 0.438. The largest absolute Gasteiger partial charge is 0.477 e. The third-order valence-electron chi connectivity index (χ3n) is 3.53. The summed E-state index contributed by atoms with van der Waals surface area (Å²) in [4.78, 5) is 11.5. The van der Waals surface area contributed by atoms with Crippen LogP contribution >= 0.6 is 0 Å². The minimum atomic E-state index is -0.898. The van der Waals surface area contributed by atoms with Crippen LogP contribution in [0.25, 0.3) is 10.9 Å². The molecule has 0 saturated heterocycles. The second kappa shape index (κ2) is 5.67. The van der Waals surface area contributed by atoms with Crippen LogP contribution in [0.4, 0.5) is 0 Å². The molecule has 0 aliphatic carbocycles. The zero-order chi connectivity index (χ0) is 14.9. The molecule has 0 unspecified atom stereocenters. The summed E-state index contributed by atoms with van der Waals surface area (Å²) in [5.41, 5.74) is 3.68. The quantitative estimate of drug-likeness (QED) is 0.909. The molecule has 0 aliphatic heterocycles. The van der Waals surface area contributed by atoms with E-state index >= 15 is 0 Å². The molecule has 0 spiro atoms. The maximum atomic E-state index is 11.5. The van der Waals surface area contributed by atoms with Crippen molar-refractivity contribution in [3.8, 4) is 0 Å². The lowest BCUT2D eigenvalue weighted by atomic mass is 9.98. The van der Waals surface area contributed by atoms with E-state index in [1.54, 1.807) is 13.2 Å². The standard InChI is InChI=1S/C16H21NO3/c1-10(2)13-8-11(3)7-12-9-14(16(18)19)17(15(12)13)5-6-20-4/h7-10H,5-6H2,1-4H3,(H,18,19). The molecule has 1 N–H and O–H groups in total. The first-order valence-electron chi connectivity index (χ1n) is 6.81. The number of nitrogens with zero attached hydrogens (tertiary/aromatic N) is 1. The number of carboxylic acids is 1. The molecule has 0 fully saturated rings. The zero-order valence-electron chi connectivity index (χ0n) is 12.4. The number of aryl methyl sites for hydroxylation is 1. The maximum Gasteiger partial charge on any atom is 0.352 e. The summed E-state index contributed by atoms with van der Waals surface area (Å²) in [7, 11) is 1.62. The van der Waals surface area contributed by atoms with Gasteiger partial charge in [-0.25, -0.2) is 4.79 Å². The van der Waals surface area contributed by atoms with Crippen molar-refractivity contribution in [2.24, 2.45) is 0 Å². The molecule has 0 bridgehead atoms. The van der Waals surface area contributed by atoms with E-state index in [0.717, 1.165) is 16.5 Å². The Kier molecular flexibility index (Phi) is 4.14. The van der Waals surface area contributed by atoms with Crippen molar-refractivity contribution in [3.05, 3.63) is 35.0 Å². The molecule has 1 aromatic carbocycles. The molecule has 4 heteroatoms. The van der Waals surface area contributed by atoms with E-state index in [9.17, 15) is 9.90 Å². The summed E-state index contributed by atoms with van der Waals surface area (Å²) in [6, 6.07) is 5.94. The van der Waals surface area contributed by atoms with Gasteiger partial charge in [-0.1, -0.05) is 25.5 Å². The highest BCUT2D eigenvalue weighted by Crippen LogP contribution is 2.30. The fourth-order valence-electron chi connectivity index (χ4n) is 2.64. The van der Waals surface area contributed by atoms with Crippen molar-refractivity contribution in [2.45, 2.75) is 33.2 Å². The molecule has 1 aromatic heterocycles. The molecule has 2 rings (SSSR count). The smallest absolute Gasteiger partial charge is 0.352 e. The lowest BCUT2D eigenvalue weighted by Gasteiger charge is -2.14. The predicted octanol–water partition coefficient (Wildman–Crippen LogP) is 3.42. The van der Waals surface area contributed by atoms with Crippen LogP contribution in [0.3, 0.4) is 0 Å². The first kappa shape index (κ1) is 14.6. The normalized spacial score (nSPS) is 11.4. The van der Waals surface area contributed by atoms with Gasteiger partial charge in [0, 0.05) is 19.0 Å². The van der Waals surface area contributed by atoms with Crippen LogP contribution in [-0.4, -0.2) is 29.4 Å². The van der Waals surface area contributed by atoms with E-state index in [1.165, 1.54) is 5.56 Å². The van der Waals surface area contributed by atoms with Crippen molar-refractivity contribution in [2.75, 3.05) is 13.7 Å². The molecule has 0 aliphatic rings. The number of aromatic nitrogens is 1. The van der Waals surface area contributed by atoms with Gasteiger partial charge in [0.15, 0.2) is 0 Å². The number of benzene rings is 1. The van der Waals surface area contributed by atoms with Gasteiger partial charge in [0.25, 0.3) is 0 Å². The van der Waals surface area contributed by atoms with E-state index < -0.39 is 5.97 Å². The van der Waals surface area contributed by atoms with Crippen LogP contribution in [0.1, 0.15) is 41.4 Å². The van der Waals surface area contributed by atoms with Gasteiger partial charge in [-0.2, -0.15) is 0 Å². The summed E-state index contributed by atoms with van der Waals surface area (Å²) in [5.74, 6) is -0.556. The van der Waals surface area contributed by atoms with Crippen molar-refractivity contribution in [1.82, 2.24) is 4.57 Å². The number of methoxy groups -OCH3 is 1. The van der Waals surface area contributed by atoms with Crippen LogP contribution in [0, 0.1) is 6.92 Å². The van der Waals surface area contributed by atoms with Crippen molar-refractivity contribution >= 4 is 16.9 Å².